The molecule has 1 aromatic rings. The number of rotatable bonds is 5. The number of aliphatic hydroxyl groups is 1. The Bertz CT molecular complexity index is 381. The number of hydrogen-bond acceptors (Lipinski definition) is 5. The Balaban J connectivity index is 3.03. The van der Waals surface area contributed by atoms with Crippen LogP contribution in [0.2, 0.25) is 0 Å². The fourth-order valence-corrected chi connectivity index (χ4v) is 1.25. The standard InChI is InChI=1S/C10H14N2O4/c1-2-16-8-4-3-6(5-7(8)12-11)9(13)10(14)15/h3-5,9,12-13H,2,11H2,1H3,(H,14,15). The summed E-state index contributed by atoms with van der Waals surface area (Å²) in [5, 5.41) is 18.0. The smallest absolute Gasteiger partial charge is 0.337 e. The monoisotopic (exact) mass is 226 g/mol. The first kappa shape index (κ1) is 12.3. The quantitative estimate of drug-likeness (QED) is 0.430. The van der Waals surface area contributed by atoms with E-state index in [0.717, 1.165) is 0 Å². The van der Waals surface area contributed by atoms with E-state index in [-0.39, 0.29) is 5.56 Å². The van der Waals surface area contributed by atoms with Gasteiger partial charge in [-0.15, -0.1) is 0 Å². The van der Waals surface area contributed by atoms with E-state index in [4.69, 9.17) is 15.7 Å². The summed E-state index contributed by atoms with van der Waals surface area (Å²) >= 11 is 0. The van der Waals surface area contributed by atoms with Crippen LogP contribution in [0.4, 0.5) is 5.69 Å². The molecule has 0 radical (unpaired) electrons. The van der Waals surface area contributed by atoms with Gasteiger partial charge in [0.2, 0.25) is 0 Å². The molecule has 1 aromatic carbocycles. The van der Waals surface area contributed by atoms with E-state index in [1.807, 2.05) is 6.92 Å². The highest BCUT2D eigenvalue weighted by Crippen LogP contribution is 2.27. The zero-order valence-electron chi connectivity index (χ0n) is 8.80. The fraction of sp³-hybridized carbons (Fsp3) is 0.300. The topological polar surface area (TPSA) is 105 Å². The molecule has 0 bridgehead atoms. The Morgan fingerprint density at radius 3 is 2.81 bits per heavy atom. The molecule has 1 atom stereocenters. The summed E-state index contributed by atoms with van der Waals surface area (Å²) in [6.07, 6.45) is -1.57. The number of nitrogens with two attached hydrogens (primary N) is 1. The summed E-state index contributed by atoms with van der Waals surface area (Å²) in [5.41, 5.74) is 3.06. The van der Waals surface area contributed by atoms with Crippen molar-refractivity contribution in [2.75, 3.05) is 12.0 Å². The van der Waals surface area contributed by atoms with E-state index < -0.39 is 12.1 Å². The first-order valence-corrected chi connectivity index (χ1v) is 4.74. The Morgan fingerprint density at radius 2 is 2.31 bits per heavy atom. The molecule has 6 heteroatoms. The van der Waals surface area contributed by atoms with E-state index in [2.05, 4.69) is 5.43 Å². The van der Waals surface area contributed by atoms with Crippen LogP contribution >= 0.6 is 0 Å². The maximum Gasteiger partial charge on any atom is 0.337 e. The number of carboxylic acids is 1. The average molecular weight is 226 g/mol. The second-order valence-corrected chi connectivity index (χ2v) is 3.07. The predicted molar refractivity (Wildman–Crippen MR) is 58.0 cm³/mol. The minimum Gasteiger partial charge on any atom is -0.492 e. The summed E-state index contributed by atoms with van der Waals surface area (Å²) < 4.78 is 5.25. The van der Waals surface area contributed by atoms with Crippen LogP contribution < -0.4 is 16.0 Å². The minimum absolute atomic E-state index is 0.240. The van der Waals surface area contributed by atoms with Gasteiger partial charge in [-0.2, -0.15) is 0 Å². The van der Waals surface area contributed by atoms with Crippen molar-refractivity contribution in [2.45, 2.75) is 13.0 Å². The number of nitrogen functional groups attached to an aromatic ring is 1. The van der Waals surface area contributed by atoms with E-state index in [0.29, 0.717) is 18.0 Å². The Labute approximate surface area is 92.6 Å². The molecule has 0 amide bonds. The van der Waals surface area contributed by atoms with Crippen LogP contribution in [-0.4, -0.2) is 22.8 Å². The third-order valence-electron chi connectivity index (χ3n) is 2.01. The van der Waals surface area contributed by atoms with Crippen LogP contribution in [0.3, 0.4) is 0 Å². The summed E-state index contributed by atoms with van der Waals surface area (Å²) in [7, 11) is 0. The largest absolute Gasteiger partial charge is 0.492 e. The van der Waals surface area contributed by atoms with Gasteiger partial charge in [0.05, 0.1) is 12.3 Å². The van der Waals surface area contributed by atoms with Crippen LogP contribution in [0.1, 0.15) is 18.6 Å². The van der Waals surface area contributed by atoms with Crippen molar-refractivity contribution in [2.24, 2.45) is 5.84 Å². The summed E-state index contributed by atoms with van der Waals surface area (Å²) in [5.74, 6) is 4.46. The molecular weight excluding hydrogens is 212 g/mol. The molecule has 6 nitrogen and oxygen atoms in total. The second-order valence-electron chi connectivity index (χ2n) is 3.07. The molecule has 16 heavy (non-hydrogen) atoms. The van der Waals surface area contributed by atoms with Crippen LogP contribution in [-0.2, 0) is 4.79 Å². The van der Waals surface area contributed by atoms with Crippen LogP contribution in [0.5, 0.6) is 5.75 Å². The Morgan fingerprint density at radius 1 is 1.62 bits per heavy atom. The van der Waals surface area contributed by atoms with E-state index in [1.165, 1.54) is 12.1 Å². The van der Waals surface area contributed by atoms with Crippen LogP contribution in [0, 0.1) is 0 Å². The van der Waals surface area contributed by atoms with Crippen molar-refractivity contribution in [3.8, 4) is 5.75 Å². The van der Waals surface area contributed by atoms with Gasteiger partial charge in [-0.3, -0.25) is 5.84 Å². The lowest BCUT2D eigenvalue weighted by Crippen LogP contribution is -2.13. The van der Waals surface area contributed by atoms with E-state index in [9.17, 15) is 9.90 Å². The van der Waals surface area contributed by atoms with Crippen molar-refractivity contribution >= 4 is 11.7 Å². The molecule has 0 aliphatic rings. The van der Waals surface area contributed by atoms with Crippen molar-refractivity contribution < 1.29 is 19.7 Å². The maximum atomic E-state index is 10.6. The lowest BCUT2D eigenvalue weighted by molar-refractivity contribution is -0.146. The zero-order chi connectivity index (χ0) is 12.1. The molecule has 1 rings (SSSR count). The number of benzene rings is 1. The van der Waals surface area contributed by atoms with Crippen molar-refractivity contribution in [3.05, 3.63) is 23.8 Å². The molecule has 0 spiro atoms. The highest BCUT2D eigenvalue weighted by atomic mass is 16.5. The molecule has 5 N–H and O–H groups in total. The van der Waals surface area contributed by atoms with Gasteiger partial charge in [-0.1, -0.05) is 6.07 Å². The normalized spacial score (nSPS) is 11.9. The molecule has 0 aliphatic carbocycles. The number of carboxylic acid groups (broad SMARTS) is 1. The third kappa shape index (κ3) is 2.62. The number of aliphatic hydroxyl groups excluding tert-OH is 1. The first-order chi connectivity index (χ1) is 7.60. The van der Waals surface area contributed by atoms with Gasteiger partial charge in [0.15, 0.2) is 6.10 Å². The molecule has 1 unspecified atom stereocenters. The van der Waals surface area contributed by atoms with E-state index >= 15 is 0 Å². The molecule has 88 valence electrons. The molecule has 0 saturated heterocycles. The fourth-order valence-electron chi connectivity index (χ4n) is 1.25. The zero-order valence-corrected chi connectivity index (χ0v) is 8.80. The lowest BCUT2D eigenvalue weighted by Gasteiger charge is -2.12. The molecule has 0 aliphatic heterocycles. The number of aliphatic carboxylic acids is 1. The lowest BCUT2D eigenvalue weighted by atomic mass is 10.1. The average Bonchev–Trinajstić information content (AvgIpc) is 2.29. The number of nitrogens with one attached hydrogen (secondary N) is 1. The first-order valence-electron chi connectivity index (χ1n) is 4.74. The highest BCUT2D eigenvalue weighted by molar-refractivity contribution is 5.75. The van der Waals surface area contributed by atoms with Gasteiger partial charge < -0.3 is 20.4 Å². The van der Waals surface area contributed by atoms with Gasteiger partial charge in [0.1, 0.15) is 5.75 Å². The summed E-state index contributed by atoms with van der Waals surface area (Å²) in [4.78, 5) is 10.6. The van der Waals surface area contributed by atoms with Gasteiger partial charge >= 0.3 is 5.97 Å². The number of anilines is 1. The molecule has 0 fully saturated rings. The summed E-state index contributed by atoms with van der Waals surface area (Å²) in [6.45, 7) is 2.29. The minimum atomic E-state index is -1.57. The molecule has 0 heterocycles. The summed E-state index contributed by atoms with van der Waals surface area (Å²) in [6, 6.07) is 4.47. The maximum absolute atomic E-state index is 10.6. The predicted octanol–water partition coefficient (Wildman–Crippen LogP) is 0.489. The molecular formula is C10H14N2O4. The molecule has 0 aromatic heterocycles. The number of carbonyl (C=O) groups is 1. The van der Waals surface area contributed by atoms with Gasteiger partial charge in [0.25, 0.3) is 0 Å². The van der Waals surface area contributed by atoms with Crippen molar-refractivity contribution in [1.29, 1.82) is 0 Å². The Hall–Kier alpha value is -1.79. The number of hydrogen-bond donors (Lipinski definition) is 4. The van der Waals surface area contributed by atoms with Crippen LogP contribution in [0.15, 0.2) is 18.2 Å². The van der Waals surface area contributed by atoms with Crippen LogP contribution in [0.25, 0.3) is 0 Å². The number of ether oxygens (including phenoxy) is 1. The highest BCUT2D eigenvalue weighted by Gasteiger charge is 2.17. The van der Waals surface area contributed by atoms with Gasteiger partial charge in [-0.25, -0.2) is 4.79 Å². The number of hydrazine groups is 1. The molecule has 0 saturated carbocycles. The van der Waals surface area contributed by atoms with E-state index in [1.54, 1.807) is 6.07 Å². The van der Waals surface area contributed by atoms with Crippen molar-refractivity contribution in [3.63, 3.8) is 0 Å². The SMILES string of the molecule is CCOc1ccc(C(O)C(=O)O)cc1NN. The van der Waals surface area contributed by atoms with Gasteiger partial charge in [0, 0.05) is 0 Å². The second kappa shape index (κ2) is 5.34. The van der Waals surface area contributed by atoms with Gasteiger partial charge in [-0.05, 0) is 24.6 Å². The third-order valence-corrected chi connectivity index (χ3v) is 2.01. The van der Waals surface area contributed by atoms with Crippen molar-refractivity contribution in [1.82, 2.24) is 0 Å². The Kier molecular flexibility index (Phi) is 4.10.